The molecule has 7 nitrogen and oxygen atoms in total. The van der Waals surface area contributed by atoms with Crippen molar-refractivity contribution in [1.82, 2.24) is 29.1 Å². The lowest BCUT2D eigenvalue weighted by atomic mass is 10.2. The van der Waals surface area contributed by atoms with Gasteiger partial charge in [-0.2, -0.15) is 0 Å². The Hall–Kier alpha value is -3.07. The molecule has 0 aliphatic heterocycles. The Morgan fingerprint density at radius 1 is 1.03 bits per heavy atom. The molecular weight excluding hydrogens is 467 g/mol. The van der Waals surface area contributed by atoms with Crippen LogP contribution in [0.25, 0.3) is 22.9 Å². The zero-order valence-corrected chi connectivity index (χ0v) is 19.1. The summed E-state index contributed by atoms with van der Waals surface area (Å²) in [6.45, 7) is 0. The number of methoxy groups -OCH3 is 1. The lowest BCUT2D eigenvalue weighted by molar-refractivity contribution is 0.412. The van der Waals surface area contributed by atoms with Gasteiger partial charge in [-0.25, -0.2) is 9.97 Å². The van der Waals surface area contributed by atoms with Gasteiger partial charge in [0.25, 0.3) is 0 Å². The quantitative estimate of drug-likeness (QED) is 0.294. The third kappa shape index (κ3) is 4.04. The van der Waals surface area contributed by atoms with Gasteiger partial charge in [-0.15, -0.1) is 10.2 Å². The maximum absolute atomic E-state index is 6.33. The topological polar surface area (TPSA) is 70.1 Å². The van der Waals surface area contributed by atoms with Crippen molar-refractivity contribution < 1.29 is 4.74 Å². The zero-order chi connectivity index (χ0) is 22.1. The summed E-state index contributed by atoms with van der Waals surface area (Å²) < 4.78 is 9.41. The summed E-state index contributed by atoms with van der Waals surface area (Å²) in [6, 6.07) is 14.8. The first kappa shape index (κ1) is 20.8. The van der Waals surface area contributed by atoms with Gasteiger partial charge in [-0.1, -0.05) is 47.1 Å². The summed E-state index contributed by atoms with van der Waals surface area (Å²) in [5.41, 5.74) is 2.44. The molecule has 10 heteroatoms. The monoisotopic (exact) mass is 482 g/mol. The van der Waals surface area contributed by atoms with Crippen LogP contribution in [0.5, 0.6) is 5.75 Å². The smallest absolute Gasteiger partial charge is 0.233 e. The summed E-state index contributed by atoms with van der Waals surface area (Å²) in [5, 5.41) is 10.8. The van der Waals surface area contributed by atoms with Crippen LogP contribution in [0.3, 0.4) is 0 Å². The van der Waals surface area contributed by atoms with Crippen molar-refractivity contribution in [3.63, 3.8) is 0 Å². The van der Waals surface area contributed by atoms with Crippen LogP contribution in [0.15, 0.2) is 72.3 Å². The number of benzene rings is 2. The molecule has 0 unspecified atom stereocenters. The highest BCUT2D eigenvalue weighted by Crippen LogP contribution is 2.35. The minimum atomic E-state index is 0.578. The van der Waals surface area contributed by atoms with Crippen molar-refractivity contribution in [1.29, 1.82) is 0 Å². The van der Waals surface area contributed by atoms with E-state index in [9.17, 15) is 0 Å². The molecule has 32 heavy (non-hydrogen) atoms. The standard InChI is InChI=1S/C22H16Cl2N6OS/c1-31-19-7-6-16(24)11-18(19)30-20(14-4-2-5-15(23)10-14)27-28-22(30)32-13-17-12-29-9-3-8-25-21(29)26-17/h2-12H,13H2,1H3. The van der Waals surface area contributed by atoms with Crippen molar-refractivity contribution in [3.8, 4) is 22.8 Å². The lowest BCUT2D eigenvalue weighted by Gasteiger charge is -2.14. The van der Waals surface area contributed by atoms with E-state index in [1.165, 1.54) is 11.8 Å². The van der Waals surface area contributed by atoms with Crippen LogP contribution >= 0.6 is 35.0 Å². The summed E-state index contributed by atoms with van der Waals surface area (Å²) in [6.07, 6.45) is 5.59. The summed E-state index contributed by atoms with van der Waals surface area (Å²) in [4.78, 5) is 8.84. The second kappa shape index (κ2) is 8.82. The highest BCUT2D eigenvalue weighted by molar-refractivity contribution is 7.98. The zero-order valence-electron chi connectivity index (χ0n) is 16.8. The van der Waals surface area contributed by atoms with E-state index in [0.29, 0.717) is 38.3 Å². The number of rotatable bonds is 6. The van der Waals surface area contributed by atoms with Crippen LogP contribution in [0, 0.1) is 0 Å². The number of aromatic nitrogens is 6. The predicted molar refractivity (Wildman–Crippen MR) is 126 cm³/mol. The molecule has 160 valence electrons. The Labute approximate surface area is 198 Å². The fourth-order valence-corrected chi connectivity index (χ4v) is 4.51. The first-order chi connectivity index (χ1) is 15.6. The fraction of sp³-hybridized carbons (Fsp3) is 0.0909. The Bertz CT molecular complexity index is 1380. The molecule has 0 spiro atoms. The van der Waals surface area contributed by atoms with Gasteiger partial charge in [-0.05, 0) is 36.4 Å². The van der Waals surface area contributed by atoms with Gasteiger partial charge in [0.05, 0.1) is 18.5 Å². The average Bonchev–Trinajstić information content (AvgIpc) is 3.41. The van der Waals surface area contributed by atoms with E-state index in [1.807, 2.05) is 63.8 Å². The molecular formula is C22H16Cl2N6OS. The van der Waals surface area contributed by atoms with Crippen LogP contribution in [-0.4, -0.2) is 36.2 Å². The van der Waals surface area contributed by atoms with E-state index in [1.54, 1.807) is 19.4 Å². The van der Waals surface area contributed by atoms with E-state index in [2.05, 4.69) is 20.2 Å². The molecule has 5 rings (SSSR count). The molecule has 0 aliphatic carbocycles. The minimum Gasteiger partial charge on any atom is -0.495 e. The van der Waals surface area contributed by atoms with E-state index in [-0.39, 0.29) is 0 Å². The Kier molecular flexibility index (Phi) is 5.73. The number of ether oxygens (including phenoxy) is 1. The molecule has 0 N–H and O–H groups in total. The van der Waals surface area contributed by atoms with Crippen molar-refractivity contribution in [2.24, 2.45) is 0 Å². The van der Waals surface area contributed by atoms with Crippen molar-refractivity contribution in [2.75, 3.05) is 7.11 Å². The number of nitrogens with zero attached hydrogens (tertiary/aromatic N) is 6. The second-order valence-corrected chi connectivity index (χ2v) is 8.63. The fourth-order valence-electron chi connectivity index (χ4n) is 3.32. The number of hydrogen-bond donors (Lipinski definition) is 0. The molecule has 0 saturated carbocycles. The molecule has 2 aromatic carbocycles. The predicted octanol–water partition coefficient (Wildman–Crippen LogP) is 5.58. The van der Waals surface area contributed by atoms with Gasteiger partial charge in [0, 0.05) is 40.0 Å². The van der Waals surface area contributed by atoms with Crippen molar-refractivity contribution in [2.45, 2.75) is 10.9 Å². The third-order valence-corrected chi connectivity index (χ3v) is 6.17. The average molecular weight is 483 g/mol. The first-order valence-electron chi connectivity index (χ1n) is 9.59. The van der Waals surface area contributed by atoms with Gasteiger partial charge in [-0.3, -0.25) is 8.97 Å². The maximum Gasteiger partial charge on any atom is 0.233 e. The van der Waals surface area contributed by atoms with Crippen LogP contribution in [0.2, 0.25) is 10.0 Å². The number of fused-ring (bicyclic) bond motifs is 1. The molecule has 0 saturated heterocycles. The highest BCUT2D eigenvalue weighted by Gasteiger charge is 2.20. The van der Waals surface area contributed by atoms with Gasteiger partial charge in [0.2, 0.25) is 5.78 Å². The molecule has 3 aromatic heterocycles. The van der Waals surface area contributed by atoms with Gasteiger partial charge in [0.1, 0.15) is 5.75 Å². The van der Waals surface area contributed by atoms with Gasteiger partial charge < -0.3 is 4.74 Å². The van der Waals surface area contributed by atoms with E-state index in [4.69, 9.17) is 27.9 Å². The summed E-state index contributed by atoms with van der Waals surface area (Å²) >= 11 is 14.1. The lowest BCUT2D eigenvalue weighted by Crippen LogP contribution is -2.02. The molecule has 5 aromatic rings. The highest BCUT2D eigenvalue weighted by atomic mass is 35.5. The third-order valence-electron chi connectivity index (χ3n) is 4.73. The summed E-state index contributed by atoms with van der Waals surface area (Å²) in [7, 11) is 1.62. The van der Waals surface area contributed by atoms with E-state index in [0.717, 1.165) is 16.9 Å². The Morgan fingerprint density at radius 3 is 2.72 bits per heavy atom. The normalized spacial score (nSPS) is 11.2. The molecule has 0 fully saturated rings. The van der Waals surface area contributed by atoms with Crippen molar-refractivity contribution >= 4 is 40.7 Å². The largest absolute Gasteiger partial charge is 0.495 e. The van der Waals surface area contributed by atoms with Crippen LogP contribution in [0.1, 0.15) is 5.69 Å². The van der Waals surface area contributed by atoms with Gasteiger partial charge >= 0.3 is 0 Å². The first-order valence-corrected chi connectivity index (χ1v) is 11.3. The number of hydrogen-bond acceptors (Lipinski definition) is 6. The van der Waals surface area contributed by atoms with Gasteiger partial charge in [0.15, 0.2) is 11.0 Å². The van der Waals surface area contributed by atoms with Crippen LogP contribution < -0.4 is 4.74 Å². The van der Waals surface area contributed by atoms with E-state index < -0.39 is 0 Å². The number of thioether (sulfide) groups is 1. The number of imidazole rings is 1. The SMILES string of the molecule is COc1ccc(Cl)cc1-n1c(SCc2cn3cccnc3n2)nnc1-c1cccc(Cl)c1. The molecule has 3 heterocycles. The van der Waals surface area contributed by atoms with Crippen LogP contribution in [-0.2, 0) is 5.75 Å². The molecule has 0 amide bonds. The summed E-state index contributed by atoms with van der Waals surface area (Å²) in [5.74, 6) is 2.52. The second-order valence-electron chi connectivity index (χ2n) is 6.82. The molecule has 0 aliphatic rings. The minimum absolute atomic E-state index is 0.578. The van der Waals surface area contributed by atoms with Crippen LogP contribution in [0.4, 0.5) is 0 Å². The Morgan fingerprint density at radius 2 is 1.91 bits per heavy atom. The van der Waals surface area contributed by atoms with Crippen molar-refractivity contribution in [3.05, 3.63) is 82.9 Å². The molecule has 0 bridgehead atoms. The van der Waals surface area contributed by atoms with E-state index >= 15 is 0 Å². The molecule has 0 radical (unpaired) electrons. The maximum atomic E-state index is 6.33. The number of halogens is 2. The Balaban J connectivity index is 1.59. The molecule has 0 atom stereocenters.